The van der Waals surface area contributed by atoms with Crippen molar-refractivity contribution in [1.29, 1.82) is 0 Å². The van der Waals surface area contributed by atoms with Gasteiger partial charge in [0.2, 0.25) is 5.91 Å². The lowest BCUT2D eigenvalue weighted by molar-refractivity contribution is -0.120. The molecule has 6 heteroatoms. The van der Waals surface area contributed by atoms with Crippen molar-refractivity contribution < 1.29 is 19.1 Å². The Morgan fingerprint density at radius 1 is 1.04 bits per heavy atom. The number of hydrogen-bond acceptors (Lipinski definition) is 4. The monoisotopic (exact) mass is 342 g/mol. The Balaban J connectivity index is 1.95. The predicted molar refractivity (Wildman–Crippen MR) is 94.9 cm³/mol. The topological polar surface area (TPSA) is 76.7 Å². The third-order valence-electron chi connectivity index (χ3n) is 3.73. The highest BCUT2D eigenvalue weighted by Crippen LogP contribution is 2.29. The first-order valence-electron chi connectivity index (χ1n) is 7.89. The van der Waals surface area contributed by atoms with Gasteiger partial charge in [-0.3, -0.25) is 9.59 Å². The summed E-state index contributed by atoms with van der Waals surface area (Å²) in [5.41, 5.74) is 1.31. The van der Waals surface area contributed by atoms with Gasteiger partial charge in [0.05, 0.1) is 26.8 Å². The van der Waals surface area contributed by atoms with E-state index in [0.717, 1.165) is 5.56 Å². The van der Waals surface area contributed by atoms with E-state index in [1.165, 1.54) is 0 Å². The van der Waals surface area contributed by atoms with E-state index in [4.69, 9.17) is 9.47 Å². The molecule has 0 saturated carbocycles. The zero-order valence-corrected chi connectivity index (χ0v) is 14.5. The summed E-state index contributed by atoms with van der Waals surface area (Å²) < 4.78 is 10.5. The number of benzene rings is 2. The maximum absolute atomic E-state index is 12.1. The van der Waals surface area contributed by atoms with Crippen molar-refractivity contribution in [3.8, 4) is 11.5 Å². The minimum Gasteiger partial charge on any atom is -0.497 e. The molecule has 6 nitrogen and oxygen atoms in total. The molecule has 2 amide bonds. The summed E-state index contributed by atoms with van der Waals surface area (Å²) in [7, 11) is 3.15. The smallest absolute Gasteiger partial charge is 0.251 e. The van der Waals surface area contributed by atoms with Crippen LogP contribution in [0.3, 0.4) is 0 Å². The van der Waals surface area contributed by atoms with Crippen molar-refractivity contribution in [3.63, 3.8) is 0 Å². The second kappa shape index (κ2) is 8.73. The lowest BCUT2D eigenvalue weighted by Gasteiger charge is -2.18. The first-order chi connectivity index (χ1) is 12.0. The van der Waals surface area contributed by atoms with E-state index in [0.29, 0.717) is 17.1 Å². The molecule has 2 aromatic rings. The quantitative estimate of drug-likeness (QED) is 0.809. The molecule has 0 heterocycles. The molecule has 0 fully saturated rings. The molecule has 0 aliphatic carbocycles. The summed E-state index contributed by atoms with van der Waals surface area (Å²) in [6.07, 6.45) is 0. The van der Waals surface area contributed by atoms with Crippen molar-refractivity contribution in [2.75, 3.05) is 20.8 Å². The molecule has 0 spiro atoms. The number of methoxy groups -OCH3 is 2. The van der Waals surface area contributed by atoms with E-state index in [1.54, 1.807) is 50.6 Å². The van der Waals surface area contributed by atoms with Gasteiger partial charge in [0.15, 0.2) is 0 Å². The molecule has 25 heavy (non-hydrogen) atoms. The van der Waals surface area contributed by atoms with Crippen molar-refractivity contribution in [2.45, 2.75) is 13.0 Å². The van der Waals surface area contributed by atoms with Crippen LogP contribution in [0, 0.1) is 0 Å². The van der Waals surface area contributed by atoms with Gasteiger partial charge in [-0.1, -0.05) is 18.2 Å². The second-order valence-electron chi connectivity index (χ2n) is 5.45. The van der Waals surface area contributed by atoms with Crippen LogP contribution >= 0.6 is 0 Å². The van der Waals surface area contributed by atoms with Gasteiger partial charge in [0.1, 0.15) is 11.5 Å². The van der Waals surface area contributed by atoms with E-state index in [9.17, 15) is 9.59 Å². The Kier molecular flexibility index (Phi) is 6.39. The van der Waals surface area contributed by atoms with Crippen LogP contribution in [-0.2, 0) is 4.79 Å². The lowest BCUT2D eigenvalue weighted by Crippen LogP contribution is -2.38. The molecule has 1 unspecified atom stereocenters. The minimum atomic E-state index is -0.300. The van der Waals surface area contributed by atoms with Crippen molar-refractivity contribution in [2.24, 2.45) is 0 Å². The van der Waals surface area contributed by atoms with Gasteiger partial charge in [0.25, 0.3) is 5.91 Å². The van der Waals surface area contributed by atoms with E-state index in [2.05, 4.69) is 10.6 Å². The minimum absolute atomic E-state index is 0.107. The average Bonchev–Trinajstić information content (AvgIpc) is 2.66. The van der Waals surface area contributed by atoms with Crippen molar-refractivity contribution >= 4 is 11.8 Å². The Morgan fingerprint density at radius 2 is 1.76 bits per heavy atom. The van der Waals surface area contributed by atoms with Crippen LogP contribution in [0.15, 0.2) is 48.5 Å². The van der Waals surface area contributed by atoms with Crippen LogP contribution in [0.5, 0.6) is 11.5 Å². The summed E-state index contributed by atoms with van der Waals surface area (Å²) in [4.78, 5) is 24.1. The van der Waals surface area contributed by atoms with E-state index in [1.807, 2.05) is 19.1 Å². The number of ether oxygens (including phenoxy) is 2. The molecule has 0 aliphatic rings. The van der Waals surface area contributed by atoms with Gasteiger partial charge in [-0.05, 0) is 37.3 Å². The van der Waals surface area contributed by atoms with E-state index < -0.39 is 0 Å². The van der Waals surface area contributed by atoms with Crippen LogP contribution in [0.4, 0.5) is 0 Å². The summed E-state index contributed by atoms with van der Waals surface area (Å²) in [5.74, 6) is 0.750. The molecule has 2 aromatic carbocycles. The molecule has 0 bridgehead atoms. The molecule has 0 saturated heterocycles. The molecular formula is C19H22N2O4. The van der Waals surface area contributed by atoms with Crippen molar-refractivity contribution in [3.05, 3.63) is 59.7 Å². The molecule has 132 valence electrons. The first kappa shape index (κ1) is 18.3. The van der Waals surface area contributed by atoms with E-state index >= 15 is 0 Å². The third kappa shape index (κ3) is 4.97. The Bertz CT molecular complexity index is 731. The SMILES string of the molecule is COc1ccc(OC)c(C(C)NC(=O)CNC(=O)c2ccccc2)c1. The maximum atomic E-state index is 12.1. The Hall–Kier alpha value is -3.02. The first-order valence-corrected chi connectivity index (χ1v) is 7.89. The Morgan fingerprint density at radius 3 is 2.40 bits per heavy atom. The van der Waals surface area contributed by atoms with Crippen LogP contribution in [0.25, 0.3) is 0 Å². The van der Waals surface area contributed by atoms with Gasteiger partial charge in [-0.25, -0.2) is 0 Å². The van der Waals surface area contributed by atoms with Crippen LogP contribution < -0.4 is 20.1 Å². The summed E-state index contributed by atoms with van der Waals surface area (Å²) in [5, 5.41) is 5.44. The highest BCUT2D eigenvalue weighted by atomic mass is 16.5. The molecular weight excluding hydrogens is 320 g/mol. The zero-order chi connectivity index (χ0) is 18.2. The van der Waals surface area contributed by atoms with Gasteiger partial charge in [-0.15, -0.1) is 0 Å². The maximum Gasteiger partial charge on any atom is 0.251 e. The standard InChI is InChI=1S/C19H22N2O4/c1-13(16-11-15(24-2)9-10-17(16)25-3)21-18(22)12-20-19(23)14-7-5-4-6-8-14/h4-11,13H,12H2,1-3H3,(H,20,23)(H,21,22). The fourth-order valence-corrected chi connectivity index (χ4v) is 2.40. The van der Waals surface area contributed by atoms with Gasteiger partial charge in [-0.2, -0.15) is 0 Å². The number of amides is 2. The van der Waals surface area contributed by atoms with Gasteiger partial charge >= 0.3 is 0 Å². The van der Waals surface area contributed by atoms with Crippen LogP contribution in [0.1, 0.15) is 28.9 Å². The number of carbonyl (C=O) groups excluding carboxylic acids is 2. The highest BCUT2D eigenvalue weighted by Gasteiger charge is 2.16. The third-order valence-corrected chi connectivity index (χ3v) is 3.73. The largest absolute Gasteiger partial charge is 0.497 e. The van der Waals surface area contributed by atoms with Gasteiger partial charge < -0.3 is 20.1 Å². The predicted octanol–water partition coefficient (Wildman–Crippen LogP) is 2.31. The number of carbonyl (C=O) groups is 2. The fourth-order valence-electron chi connectivity index (χ4n) is 2.40. The lowest BCUT2D eigenvalue weighted by atomic mass is 10.1. The average molecular weight is 342 g/mol. The zero-order valence-electron chi connectivity index (χ0n) is 14.5. The van der Waals surface area contributed by atoms with E-state index in [-0.39, 0.29) is 24.4 Å². The molecule has 2 N–H and O–H groups in total. The normalized spacial score (nSPS) is 11.3. The van der Waals surface area contributed by atoms with Crippen molar-refractivity contribution in [1.82, 2.24) is 10.6 Å². The van der Waals surface area contributed by atoms with Gasteiger partial charge in [0, 0.05) is 11.1 Å². The van der Waals surface area contributed by atoms with Crippen LogP contribution in [0.2, 0.25) is 0 Å². The molecule has 0 aromatic heterocycles. The summed E-state index contributed by atoms with van der Waals surface area (Å²) in [6, 6.07) is 13.8. The fraction of sp³-hybridized carbons (Fsp3) is 0.263. The van der Waals surface area contributed by atoms with Crippen LogP contribution in [-0.4, -0.2) is 32.6 Å². The number of hydrogen-bond donors (Lipinski definition) is 2. The highest BCUT2D eigenvalue weighted by molar-refractivity contribution is 5.96. The molecule has 0 aliphatic heterocycles. The number of rotatable bonds is 7. The summed E-state index contributed by atoms with van der Waals surface area (Å²) >= 11 is 0. The molecule has 0 radical (unpaired) electrons. The Labute approximate surface area is 147 Å². The molecule has 1 atom stereocenters. The number of nitrogens with one attached hydrogen (secondary N) is 2. The summed E-state index contributed by atoms with van der Waals surface area (Å²) in [6.45, 7) is 1.73. The molecule has 2 rings (SSSR count). The second-order valence-corrected chi connectivity index (χ2v) is 5.45.